The Hall–Kier alpha value is -1.62. The van der Waals surface area contributed by atoms with Crippen LogP contribution in [0.15, 0.2) is 36.2 Å². The number of fused-ring (bicyclic) bond motifs is 2. The number of allylic oxidation sites excluding steroid dienone is 4. The molecule has 2 aliphatic heterocycles. The minimum Gasteiger partial charge on any atom is -0.444 e. The van der Waals surface area contributed by atoms with Crippen LogP contribution in [-0.4, -0.2) is 39.4 Å². The quantitative estimate of drug-likeness (QED) is 0.660. The lowest BCUT2D eigenvalue weighted by Crippen LogP contribution is -2.55. The standard InChI is InChI=1S/C22H34FNO3/c1-7-9-10-18(23)19(15(3)8-2)22(26)13-16-11-12-17(14-22)24(16)20(25)27-21(4,5)6/h7,9-10,15-17,26H,1,8,11-14H2,2-6H3. The number of ether oxygens (including phenoxy) is 1. The number of carbonyl (C=O) groups is 1. The molecule has 152 valence electrons. The summed E-state index contributed by atoms with van der Waals surface area (Å²) < 4.78 is 20.5. The van der Waals surface area contributed by atoms with Gasteiger partial charge in [-0.15, -0.1) is 0 Å². The Morgan fingerprint density at radius 2 is 1.93 bits per heavy atom. The van der Waals surface area contributed by atoms with E-state index in [0.717, 1.165) is 19.3 Å². The smallest absolute Gasteiger partial charge is 0.410 e. The van der Waals surface area contributed by atoms with Crippen molar-refractivity contribution in [3.8, 4) is 0 Å². The fraction of sp³-hybridized carbons (Fsp3) is 0.682. The first-order valence-electron chi connectivity index (χ1n) is 9.95. The van der Waals surface area contributed by atoms with E-state index >= 15 is 0 Å². The third-order valence-corrected chi connectivity index (χ3v) is 5.61. The van der Waals surface area contributed by atoms with E-state index in [1.165, 1.54) is 12.2 Å². The predicted molar refractivity (Wildman–Crippen MR) is 106 cm³/mol. The molecule has 27 heavy (non-hydrogen) atoms. The molecular formula is C22H34FNO3. The summed E-state index contributed by atoms with van der Waals surface area (Å²) in [6, 6.07) is -0.252. The van der Waals surface area contributed by atoms with Crippen LogP contribution in [0.3, 0.4) is 0 Å². The molecule has 2 aliphatic rings. The van der Waals surface area contributed by atoms with Gasteiger partial charge in [0.25, 0.3) is 0 Å². The van der Waals surface area contributed by atoms with Crippen LogP contribution in [0.1, 0.15) is 66.7 Å². The molecule has 3 unspecified atom stereocenters. The molecule has 5 heteroatoms. The topological polar surface area (TPSA) is 49.8 Å². The number of rotatable bonds is 5. The SMILES string of the molecule is C=CC=CC(F)=C(C(C)CC)C1(O)CC2CCC(C1)N2C(=O)OC(C)(C)C. The van der Waals surface area contributed by atoms with Crippen LogP contribution in [-0.2, 0) is 4.74 Å². The largest absolute Gasteiger partial charge is 0.444 e. The highest BCUT2D eigenvalue weighted by Crippen LogP contribution is 2.47. The molecule has 2 heterocycles. The van der Waals surface area contributed by atoms with E-state index in [1.54, 1.807) is 11.0 Å². The van der Waals surface area contributed by atoms with Gasteiger partial charge in [-0.3, -0.25) is 0 Å². The Morgan fingerprint density at radius 3 is 2.37 bits per heavy atom. The second-order valence-corrected chi connectivity index (χ2v) is 8.88. The monoisotopic (exact) mass is 379 g/mol. The molecular weight excluding hydrogens is 345 g/mol. The summed E-state index contributed by atoms with van der Waals surface area (Å²) in [6.45, 7) is 13.0. The molecule has 0 saturated carbocycles. The highest BCUT2D eigenvalue weighted by molar-refractivity contribution is 5.70. The summed E-state index contributed by atoms with van der Waals surface area (Å²) in [5, 5.41) is 11.5. The molecule has 1 N–H and O–H groups in total. The van der Waals surface area contributed by atoms with Gasteiger partial charge in [-0.2, -0.15) is 0 Å². The van der Waals surface area contributed by atoms with E-state index in [0.29, 0.717) is 18.4 Å². The Morgan fingerprint density at radius 1 is 1.37 bits per heavy atom. The van der Waals surface area contributed by atoms with Crippen LogP contribution in [0.25, 0.3) is 0 Å². The maximum atomic E-state index is 15.0. The molecule has 4 nitrogen and oxygen atoms in total. The first-order chi connectivity index (χ1) is 12.5. The van der Waals surface area contributed by atoms with Crippen LogP contribution in [0.4, 0.5) is 9.18 Å². The van der Waals surface area contributed by atoms with Crippen molar-refractivity contribution in [2.24, 2.45) is 5.92 Å². The molecule has 3 atom stereocenters. The minimum atomic E-state index is -1.24. The summed E-state index contributed by atoms with van der Waals surface area (Å²) in [7, 11) is 0. The fourth-order valence-electron chi connectivity index (χ4n) is 4.42. The van der Waals surface area contributed by atoms with E-state index < -0.39 is 17.0 Å². The zero-order chi connectivity index (χ0) is 20.4. The number of piperidine rings is 1. The minimum absolute atomic E-state index is 0.0862. The molecule has 2 rings (SSSR count). The molecule has 2 saturated heterocycles. The predicted octanol–water partition coefficient (Wildman–Crippen LogP) is 5.29. The summed E-state index contributed by atoms with van der Waals surface area (Å²) in [6.07, 6.45) is 7.15. The average Bonchev–Trinajstić information content (AvgIpc) is 2.84. The fourth-order valence-corrected chi connectivity index (χ4v) is 4.42. The second-order valence-electron chi connectivity index (χ2n) is 8.88. The number of nitrogens with zero attached hydrogens (tertiary/aromatic N) is 1. The number of hydrogen-bond donors (Lipinski definition) is 1. The lowest BCUT2D eigenvalue weighted by Gasteiger charge is -2.46. The lowest BCUT2D eigenvalue weighted by atomic mass is 9.74. The van der Waals surface area contributed by atoms with Gasteiger partial charge >= 0.3 is 6.09 Å². The molecule has 2 bridgehead atoms. The maximum Gasteiger partial charge on any atom is 0.410 e. The molecule has 0 aliphatic carbocycles. The lowest BCUT2D eigenvalue weighted by molar-refractivity contribution is -0.0444. The van der Waals surface area contributed by atoms with Crippen molar-refractivity contribution in [3.63, 3.8) is 0 Å². The van der Waals surface area contributed by atoms with E-state index in [-0.39, 0.29) is 24.1 Å². The van der Waals surface area contributed by atoms with Crippen molar-refractivity contribution in [2.45, 2.75) is 90.0 Å². The first-order valence-corrected chi connectivity index (χ1v) is 9.95. The van der Waals surface area contributed by atoms with Crippen molar-refractivity contribution in [1.29, 1.82) is 0 Å². The Kier molecular flexibility index (Phi) is 6.56. The number of amides is 1. The van der Waals surface area contributed by atoms with Gasteiger partial charge in [-0.25, -0.2) is 9.18 Å². The van der Waals surface area contributed by atoms with Crippen molar-refractivity contribution in [1.82, 2.24) is 4.90 Å². The summed E-state index contributed by atoms with van der Waals surface area (Å²) in [4.78, 5) is 14.4. The third-order valence-electron chi connectivity index (χ3n) is 5.61. The van der Waals surface area contributed by atoms with E-state index in [9.17, 15) is 14.3 Å². The van der Waals surface area contributed by atoms with E-state index in [4.69, 9.17) is 4.74 Å². The van der Waals surface area contributed by atoms with Gasteiger partial charge in [0.15, 0.2) is 0 Å². The average molecular weight is 380 g/mol. The Bertz CT molecular complexity index is 618. The number of aliphatic hydroxyl groups is 1. The summed E-state index contributed by atoms with van der Waals surface area (Å²) in [5.74, 6) is -0.478. The van der Waals surface area contributed by atoms with Gasteiger partial charge in [0.05, 0.1) is 5.60 Å². The molecule has 0 aromatic carbocycles. The summed E-state index contributed by atoms with van der Waals surface area (Å²) >= 11 is 0. The van der Waals surface area contributed by atoms with Crippen LogP contribution in [0, 0.1) is 5.92 Å². The van der Waals surface area contributed by atoms with Gasteiger partial charge in [-0.1, -0.05) is 32.6 Å². The number of halogens is 1. The van der Waals surface area contributed by atoms with E-state index in [1.807, 2.05) is 34.6 Å². The highest BCUT2D eigenvalue weighted by Gasteiger charge is 2.52. The normalized spacial score (nSPS) is 30.3. The van der Waals surface area contributed by atoms with Crippen molar-refractivity contribution in [2.75, 3.05) is 0 Å². The molecule has 0 radical (unpaired) electrons. The number of hydrogen-bond acceptors (Lipinski definition) is 3. The van der Waals surface area contributed by atoms with Gasteiger partial charge in [0, 0.05) is 24.9 Å². The van der Waals surface area contributed by atoms with Crippen LogP contribution < -0.4 is 0 Å². The van der Waals surface area contributed by atoms with Crippen molar-refractivity contribution >= 4 is 6.09 Å². The Balaban J connectivity index is 2.31. The second kappa shape index (κ2) is 8.17. The molecule has 0 spiro atoms. The van der Waals surface area contributed by atoms with Gasteiger partial charge in [-0.05, 0) is 57.6 Å². The van der Waals surface area contributed by atoms with Crippen LogP contribution >= 0.6 is 0 Å². The third kappa shape index (κ3) is 4.81. The molecule has 0 aromatic rings. The Labute approximate surface area is 162 Å². The van der Waals surface area contributed by atoms with Crippen LogP contribution in [0.5, 0.6) is 0 Å². The van der Waals surface area contributed by atoms with Crippen LogP contribution in [0.2, 0.25) is 0 Å². The number of carbonyl (C=O) groups excluding carboxylic acids is 1. The zero-order valence-electron chi connectivity index (χ0n) is 17.3. The summed E-state index contributed by atoms with van der Waals surface area (Å²) in [5.41, 5.74) is -1.35. The van der Waals surface area contributed by atoms with E-state index in [2.05, 4.69) is 6.58 Å². The molecule has 1 amide bonds. The van der Waals surface area contributed by atoms with Crippen molar-refractivity contribution < 1.29 is 19.0 Å². The maximum absolute atomic E-state index is 15.0. The van der Waals surface area contributed by atoms with Gasteiger partial charge in [0.1, 0.15) is 11.4 Å². The first kappa shape index (κ1) is 21.7. The molecule has 2 fully saturated rings. The van der Waals surface area contributed by atoms with Crippen molar-refractivity contribution in [3.05, 3.63) is 36.2 Å². The van der Waals surface area contributed by atoms with Gasteiger partial charge in [0.2, 0.25) is 0 Å². The zero-order valence-corrected chi connectivity index (χ0v) is 17.3. The van der Waals surface area contributed by atoms with Gasteiger partial charge < -0.3 is 14.7 Å². The highest BCUT2D eigenvalue weighted by atomic mass is 19.1. The molecule has 0 aromatic heterocycles.